The maximum Gasteiger partial charge on any atom is 0.119 e. The van der Waals surface area contributed by atoms with Crippen molar-refractivity contribution in [3.8, 4) is 5.75 Å². The van der Waals surface area contributed by atoms with Crippen LogP contribution in [0.15, 0.2) is 24.3 Å². The average Bonchev–Trinajstić information content (AvgIpc) is 2.37. The van der Waals surface area contributed by atoms with Crippen LogP contribution in [0, 0.1) is 11.8 Å². The van der Waals surface area contributed by atoms with Gasteiger partial charge >= 0.3 is 0 Å². The minimum Gasteiger partial charge on any atom is -0.508 e. The number of hydrogen-bond acceptors (Lipinski definition) is 1. The zero-order valence-corrected chi connectivity index (χ0v) is 13.7. The fourth-order valence-corrected chi connectivity index (χ4v) is 2.83. The summed E-state index contributed by atoms with van der Waals surface area (Å²) in [6.07, 6.45) is 7.50. The van der Waals surface area contributed by atoms with E-state index in [-0.39, 0.29) is 0 Å². The maximum absolute atomic E-state index is 10.1. The molecule has 20 heavy (non-hydrogen) atoms. The van der Waals surface area contributed by atoms with Crippen LogP contribution < -0.4 is 0 Å². The SMILES string of the molecule is CC(C)CCCC(CCCC(C)C)c1ccccc1O. The van der Waals surface area contributed by atoms with Crippen molar-refractivity contribution in [1.82, 2.24) is 0 Å². The Morgan fingerprint density at radius 1 is 0.800 bits per heavy atom. The second-order valence-electron chi connectivity index (χ2n) is 6.91. The number of phenolic OH excluding ortho intramolecular Hbond substituents is 1. The van der Waals surface area contributed by atoms with E-state index in [0.717, 1.165) is 17.4 Å². The predicted molar refractivity (Wildman–Crippen MR) is 88.2 cm³/mol. The van der Waals surface area contributed by atoms with Crippen molar-refractivity contribution >= 4 is 0 Å². The minimum absolute atomic E-state index is 0.478. The molecule has 0 atom stereocenters. The van der Waals surface area contributed by atoms with Gasteiger partial charge in [-0.3, -0.25) is 0 Å². The lowest BCUT2D eigenvalue weighted by Gasteiger charge is -2.19. The van der Waals surface area contributed by atoms with Crippen molar-refractivity contribution in [3.63, 3.8) is 0 Å². The number of rotatable bonds is 9. The lowest BCUT2D eigenvalue weighted by Crippen LogP contribution is -2.02. The van der Waals surface area contributed by atoms with Crippen molar-refractivity contribution in [2.75, 3.05) is 0 Å². The third kappa shape index (κ3) is 6.45. The molecule has 1 rings (SSSR count). The van der Waals surface area contributed by atoms with E-state index in [0.29, 0.717) is 11.7 Å². The summed E-state index contributed by atoms with van der Waals surface area (Å²) in [6.45, 7) is 9.14. The average molecular weight is 276 g/mol. The van der Waals surface area contributed by atoms with Crippen LogP contribution in [0.4, 0.5) is 0 Å². The molecule has 1 aromatic carbocycles. The Kier molecular flexibility index (Phi) is 7.72. The topological polar surface area (TPSA) is 20.2 Å². The molecule has 1 heteroatoms. The smallest absolute Gasteiger partial charge is 0.119 e. The second kappa shape index (κ2) is 9.05. The highest BCUT2D eigenvalue weighted by atomic mass is 16.3. The molecular weight excluding hydrogens is 244 g/mol. The van der Waals surface area contributed by atoms with E-state index in [9.17, 15) is 5.11 Å². The lowest BCUT2D eigenvalue weighted by atomic mass is 9.86. The molecule has 0 amide bonds. The van der Waals surface area contributed by atoms with Gasteiger partial charge in [0.05, 0.1) is 0 Å². The van der Waals surface area contributed by atoms with Crippen LogP contribution in [0.3, 0.4) is 0 Å². The molecule has 0 saturated carbocycles. The fourth-order valence-electron chi connectivity index (χ4n) is 2.83. The van der Waals surface area contributed by atoms with Crippen molar-refractivity contribution in [2.45, 2.75) is 72.1 Å². The molecule has 0 unspecified atom stereocenters. The van der Waals surface area contributed by atoms with Gasteiger partial charge in [-0.1, -0.05) is 71.6 Å². The standard InChI is InChI=1S/C19H32O/c1-15(2)9-7-11-17(12-8-10-16(3)4)18-13-5-6-14-19(18)20/h5-6,13-17,20H,7-12H2,1-4H3. The molecule has 0 aliphatic rings. The number of hydrogen-bond donors (Lipinski definition) is 1. The van der Waals surface area contributed by atoms with E-state index >= 15 is 0 Å². The van der Waals surface area contributed by atoms with Gasteiger partial charge < -0.3 is 5.11 Å². The van der Waals surface area contributed by atoms with Crippen molar-refractivity contribution in [3.05, 3.63) is 29.8 Å². The number of para-hydroxylation sites is 1. The summed E-state index contributed by atoms with van der Waals surface area (Å²) in [5.41, 5.74) is 1.15. The van der Waals surface area contributed by atoms with Crippen molar-refractivity contribution in [1.29, 1.82) is 0 Å². The Hall–Kier alpha value is -0.980. The molecular formula is C19H32O. The number of phenols is 1. The summed E-state index contributed by atoms with van der Waals surface area (Å²) in [6, 6.07) is 7.89. The summed E-state index contributed by atoms with van der Waals surface area (Å²) in [4.78, 5) is 0. The van der Waals surface area contributed by atoms with Crippen LogP contribution in [0.5, 0.6) is 5.75 Å². The zero-order chi connectivity index (χ0) is 15.0. The van der Waals surface area contributed by atoms with Crippen LogP contribution in [0.25, 0.3) is 0 Å². The van der Waals surface area contributed by atoms with Gasteiger partial charge in [0.2, 0.25) is 0 Å². The van der Waals surface area contributed by atoms with E-state index in [4.69, 9.17) is 0 Å². The zero-order valence-electron chi connectivity index (χ0n) is 13.7. The first-order valence-electron chi connectivity index (χ1n) is 8.28. The highest BCUT2D eigenvalue weighted by Gasteiger charge is 2.15. The Morgan fingerprint density at radius 3 is 1.75 bits per heavy atom. The minimum atomic E-state index is 0.478. The summed E-state index contributed by atoms with van der Waals surface area (Å²) in [5.74, 6) is 2.55. The third-order valence-electron chi connectivity index (χ3n) is 4.04. The highest BCUT2D eigenvalue weighted by Crippen LogP contribution is 2.34. The van der Waals surface area contributed by atoms with Gasteiger partial charge in [-0.15, -0.1) is 0 Å². The van der Waals surface area contributed by atoms with E-state index in [1.54, 1.807) is 0 Å². The lowest BCUT2D eigenvalue weighted by molar-refractivity contribution is 0.425. The summed E-state index contributed by atoms with van der Waals surface area (Å²) >= 11 is 0. The molecule has 0 fully saturated rings. The summed E-state index contributed by atoms with van der Waals surface area (Å²) < 4.78 is 0. The van der Waals surface area contributed by atoms with E-state index in [2.05, 4.69) is 33.8 Å². The van der Waals surface area contributed by atoms with Crippen LogP contribution in [0.2, 0.25) is 0 Å². The van der Waals surface area contributed by atoms with Gasteiger partial charge in [-0.25, -0.2) is 0 Å². The monoisotopic (exact) mass is 276 g/mol. The molecule has 0 radical (unpaired) electrons. The van der Waals surface area contributed by atoms with Gasteiger partial charge in [-0.05, 0) is 42.2 Å². The van der Waals surface area contributed by atoms with Gasteiger partial charge in [0.1, 0.15) is 5.75 Å². The summed E-state index contributed by atoms with van der Waals surface area (Å²) in [5, 5.41) is 10.1. The summed E-state index contributed by atoms with van der Waals surface area (Å²) in [7, 11) is 0. The Bertz CT molecular complexity index is 354. The molecule has 0 aliphatic heterocycles. The van der Waals surface area contributed by atoms with Crippen molar-refractivity contribution in [2.24, 2.45) is 11.8 Å². The molecule has 0 spiro atoms. The molecule has 0 aliphatic carbocycles. The first-order valence-corrected chi connectivity index (χ1v) is 8.28. The first kappa shape index (κ1) is 17.1. The largest absolute Gasteiger partial charge is 0.508 e. The van der Waals surface area contributed by atoms with E-state index in [1.807, 2.05) is 18.2 Å². The molecule has 0 saturated heterocycles. The molecule has 1 aromatic rings. The quantitative estimate of drug-likeness (QED) is 0.575. The Labute approximate surface area is 125 Å². The Morgan fingerprint density at radius 2 is 1.30 bits per heavy atom. The van der Waals surface area contributed by atoms with Gasteiger partial charge in [0.15, 0.2) is 0 Å². The second-order valence-corrected chi connectivity index (χ2v) is 6.91. The maximum atomic E-state index is 10.1. The van der Waals surface area contributed by atoms with Crippen LogP contribution in [-0.2, 0) is 0 Å². The van der Waals surface area contributed by atoms with E-state index in [1.165, 1.54) is 38.5 Å². The third-order valence-corrected chi connectivity index (χ3v) is 4.04. The molecule has 0 aromatic heterocycles. The normalized spacial score (nSPS) is 11.8. The van der Waals surface area contributed by atoms with Crippen LogP contribution in [0.1, 0.15) is 77.7 Å². The van der Waals surface area contributed by atoms with Gasteiger partial charge in [-0.2, -0.15) is 0 Å². The number of benzene rings is 1. The van der Waals surface area contributed by atoms with Crippen molar-refractivity contribution < 1.29 is 5.11 Å². The van der Waals surface area contributed by atoms with Gasteiger partial charge in [0, 0.05) is 0 Å². The molecule has 1 nitrogen and oxygen atoms in total. The molecule has 0 bridgehead atoms. The van der Waals surface area contributed by atoms with E-state index < -0.39 is 0 Å². The number of aromatic hydroxyl groups is 1. The molecule has 0 heterocycles. The fraction of sp³-hybridized carbons (Fsp3) is 0.684. The van der Waals surface area contributed by atoms with Crippen LogP contribution in [-0.4, -0.2) is 5.11 Å². The highest BCUT2D eigenvalue weighted by molar-refractivity contribution is 5.34. The van der Waals surface area contributed by atoms with Crippen LogP contribution >= 0.6 is 0 Å². The molecule has 114 valence electrons. The Balaban J connectivity index is 2.61. The molecule has 1 N–H and O–H groups in total. The first-order chi connectivity index (χ1) is 9.50. The predicted octanol–water partition coefficient (Wildman–Crippen LogP) is 6.13. The van der Waals surface area contributed by atoms with Gasteiger partial charge in [0.25, 0.3) is 0 Å².